The van der Waals surface area contributed by atoms with E-state index in [-0.39, 0.29) is 5.91 Å². The largest absolute Gasteiger partial charge is 0.493 e. The van der Waals surface area contributed by atoms with E-state index < -0.39 is 0 Å². The van der Waals surface area contributed by atoms with Crippen LogP contribution in [0.15, 0.2) is 30.5 Å². The molecule has 0 aliphatic rings. The van der Waals surface area contributed by atoms with Crippen molar-refractivity contribution in [2.45, 2.75) is 13.8 Å². The van der Waals surface area contributed by atoms with Crippen molar-refractivity contribution in [3.8, 4) is 11.5 Å². The van der Waals surface area contributed by atoms with E-state index in [9.17, 15) is 4.79 Å². The Hall–Kier alpha value is -3.09. The van der Waals surface area contributed by atoms with Crippen molar-refractivity contribution in [3.63, 3.8) is 0 Å². The summed E-state index contributed by atoms with van der Waals surface area (Å²) in [5.74, 6) is 1.51. The van der Waals surface area contributed by atoms with Crippen LogP contribution in [0.2, 0.25) is 0 Å². The fraction of sp³-hybridized carbons (Fsp3) is 0.235. The smallest absolute Gasteiger partial charge is 0.255 e. The molecule has 2 heterocycles. The summed E-state index contributed by atoms with van der Waals surface area (Å²) in [7, 11) is 3.08. The Morgan fingerprint density at radius 3 is 2.58 bits per heavy atom. The third-order valence-electron chi connectivity index (χ3n) is 3.63. The SMILES string of the molecule is COc1ccc(C(=O)Nc2cc(C)c3nc(C)nn3c2)cc1OC. The van der Waals surface area contributed by atoms with E-state index in [0.717, 1.165) is 11.2 Å². The van der Waals surface area contributed by atoms with Crippen LogP contribution in [0, 0.1) is 13.8 Å². The Morgan fingerprint density at radius 1 is 1.12 bits per heavy atom. The average molecular weight is 326 g/mol. The molecule has 0 radical (unpaired) electrons. The van der Waals surface area contributed by atoms with Gasteiger partial charge < -0.3 is 14.8 Å². The van der Waals surface area contributed by atoms with Gasteiger partial charge in [-0.2, -0.15) is 5.10 Å². The van der Waals surface area contributed by atoms with Crippen molar-refractivity contribution in [2.75, 3.05) is 19.5 Å². The average Bonchev–Trinajstić information content (AvgIpc) is 2.95. The summed E-state index contributed by atoms with van der Waals surface area (Å²) < 4.78 is 12.1. The van der Waals surface area contributed by atoms with Crippen LogP contribution in [0.4, 0.5) is 5.69 Å². The highest BCUT2D eigenvalue weighted by atomic mass is 16.5. The summed E-state index contributed by atoms with van der Waals surface area (Å²) in [4.78, 5) is 16.8. The number of nitrogens with one attached hydrogen (secondary N) is 1. The summed E-state index contributed by atoms with van der Waals surface area (Å²) in [5.41, 5.74) is 2.82. The number of rotatable bonds is 4. The Bertz CT molecular complexity index is 918. The van der Waals surface area contributed by atoms with E-state index in [4.69, 9.17) is 9.47 Å². The highest BCUT2D eigenvalue weighted by Gasteiger charge is 2.12. The molecule has 0 aliphatic carbocycles. The minimum absolute atomic E-state index is 0.244. The number of aromatic nitrogens is 3. The molecule has 7 nitrogen and oxygen atoms in total. The number of benzene rings is 1. The first kappa shape index (κ1) is 15.8. The predicted molar refractivity (Wildman–Crippen MR) is 90.0 cm³/mol. The molecular weight excluding hydrogens is 308 g/mol. The van der Waals surface area contributed by atoms with E-state index >= 15 is 0 Å². The molecule has 0 fully saturated rings. The molecule has 1 N–H and O–H groups in total. The van der Waals surface area contributed by atoms with Crippen LogP contribution in [-0.2, 0) is 0 Å². The normalized spacial score (nSPS) is 10.7. The van der Waals surface area contributed by atoms with Crippen molar-refractivity contribution in [1.29, 1.82) is 0 Å². The van der Waals surface area contributed by atoms with Crippen LogP contribution in [0.5, 0.6) is 11.5 Å². The zero-order valence-corrected chi connectivity index (χ0v) is 14.0. The molecule has 0 saturated carbocycles. The van der Waals surface area contributed by atoms with Gasteiger partial charge in [-0.1, -0.05) is 0 Å². The minimum Gasteiger partial charge on any atom is -0.493 e. The first-order valence-electron chi connectivity index (χ1n) is 7.39. The monoisotopic (exact) mass is 326 g/mol. The van der Waals surface area contributed by atoms with Gasteiger partial charge in [0.1, 0.15) is 5.82 Å². The quantitative estimate of drug-likeness (QED) is 0.797. The topological polar surface area (TPSA) is 77.8 Å². The van der Waals surface area contributed by atoms with Crippen molar-refractivity contribution in [1.82, 2.24) is 14.6 Å². The molecule has 3 aromatic rings. The lowest BCUT2D eigenvalue weighted by Crippen LogP contribution is -2.13. The number of aryl methyl sites for hydroxylation is 2. The molecule has 3 rings (SSSR count). The molecule has 2 aromatic heterocycles. The number of methoxy groups -OCH3 is 2. The molecule has 0 spiro atoms. The van der Waals surface area contributed by atoms with E-state index in [1.807, 2.05) is 19.9 Å². The summed E-state index contributed by atoms with van der Waals surface area (Å²) in [6, 6.07) is 6.88. The number of carbonyl (C=O) groups is 1. The molecule has 0 atom stereocenters. The number of ether oxygens (including phenoxy) is 2. The summed E-state index contributed by atoms with van der Waals surface area (Å²) in [5, 5.41) is 7.15. The van der Waals surface area contributed by atoms with Gasteiger partial charge in [-0.05, 0) is 43.7 Å². The summed E-state index contributed by atoms with van der Waals surface area (Å²) >= 11 is 0. The molecule has 0 unspecified atom stereocenters. The Balaban J connectivity index is 1.89. The number of hydrogen-bond donors (Lipinski definition) is 1. The molecular formula is C17H18N4O3. The minimum atomic E-state index is -0.244. The highest BCUT2D eigenvalue weighted by molar-refractivity contribution is 6.04. The first-order chi connectivity index (χ1) is 11.5. The summed E-state index contributed by atoms with van der Waals surface area (Å²) in [6.07, 6.45) is 1.74. The van der Waals surface area contributed by atoms with Crippen LogP contribution < -0.4 is 14.8 Å². The number of hydrogen-bond acceptors (Lipinski definition) is 5. The second kappa shape index (κ2) is 6.19. The zero-order valence-electron chi connectivity index (χ0n) is 14.0. The number of amides is 1. The van der Waals surface area contributed by atoms with E-state index in [0.29, 0.717) is 28.6 Å². The number of pyridine rings is 1. The van der Waals surface area contributed by atoms with Crippen LogP contribution in [-0.4, -0.2) is 34.7 Å². The Kier molecular flexibility index (Phi) is 4.07. The molecule has 124 valence electrons. The van der Waals surface area contributed by atoms with Gasteiger partial charge in [0, 0.05) is 5.56 Å². The number of anilines is 1. The highest BCUT2D eigenvalue weighted by Crippen LogP contribution is 2.28. The number of carbonyl (C=O) groups excluding carboxylic acids is 1. The molecule has 1 amide bonds. The maximum Gasteiger partial charge on any atom is 0.255 e. The van der Waals surface area contributed by atoms with Crippen molar-refractivity contribution in [2.24, 2.45) is 0 Å². The molecule has 1 aromatic carbocycles. The molecule has 7 heteroatoms. The van der Waals surface area contributed by atoms with Gasteiger partial charge in [-0.15, -0.1) is 0 Å². The fourth-order valence-electron chi connectivity index (χ4n) is 2.50. The molecule has 0 bridgehead atoms. The third-order valence-corrected chi connectivity index (χ3v) is 3.63. The van der Waals surface area contributed by atoms with Crippen LogP contribution >= 0.6 is 0 Å². The number of fused-ring (bicyclic) bond motifs is 1. The third kappa shape index (κ3) is 2.88. The second-order valence-electron chi connectivity index (χ2n) is 5.36. The maximum atomic E-state index is 12.5. The second-order valence-corrected chi connectivity index (χ2v) is 5.36. The lowest BCUT2D eigenvalue weighted by Gasteiger charge is -2.10. The lowest BCUT2D eigenvalue weighted by molar-refractivity contribution is 0.102. The van der Waals surface area contributed by atoms with Crippen LogP contribution in [0.1, 0.15) is 21.7 Å². The molecule has 24 heavy (non-hydrogen) atoms. The fourth-order valence-corrected chi connectivity index (χ4v) is 2.50. The Labute approximate surface area is 139 Å². The van der Waals surface area contributed by atoms with Crippen molar-refractivity contribution >= 4 is 17.2 Å². The van der Waals surface area contributed by atoms with Gasteiger partial charge in [0.05, 0.1) is 26.1 Å². The van der Waals surface area contributed by atoms with Crippen LogP contribution in [0.3, 0.4) is 0 Å². The van der Waals surface area contributed by atoms with E-state index in [1.165, 1.54) is 7.11 Å². The van der Waals surface area contributed by atoms with E-state index in [1.54, 1.807) is 36.0 Å². The first-order valence-corrected chi connectivity index (χ1v) is 7.39. The number of nitrogens with zero attached hydrogens (tertiary/aromatic N) is 3. The van der Waals surface area contributed by atoms with Crippen molar-refractivity contribution < 1.29 is 14.3 Å². The van der Waals surface area contributed by atoms with E-state index in [2.05, 4.69) is 15.4 Å². The van der Waals surface area contributed by atoms with Gasteiger partial charge >= 0.3 is 0 Å². The van der Waals surface area contributed by atoms with Gasteiger partial charge in [0.25, 0.3) is 5.91 Å². The zero-order chi connectivity index (χ0) is 17.3. The van der Waals surface area contributed by atoms with Gasteiger partial charge in [-0.3, -0.25) is 4.79 Å². The molecule has 0 saturated heterocycles. The van der Waals surface area contributed by atoms with Gasteiger partial charge in [0.15, 0.2) is 17.1 Å². The Morgan fingerprint density at radius 2 is 1.88 bits per heavy atom. The standard InChI is InChI=1S/C17H18N4O3/c1-10-7-13(9-21-16(10)18-11(2)20-21)19-17(22)12-5-6-14(23-3)15(8-12)24-4/h5-9H,1-4H3,(H,19,22). The lowest BCUT2D eigenvalue weighted by atomic mass is 10.2. The van der Waals surface area contributed by atoms with Crippen LogP contribution in [0.25, 0.3) is 5.65 Å². The summed E-state index contributed by atoms with van der Waals surface area (Å²) in [6.45, 7) is 3.75. The maximum absolute atomic E-state index is 12.5. The molecule has 0 aliphatic heterocycles. The van der Waals surface area contributed by atoms with Gasteiger partial charge in [0.2, 0.25) is 0 Å². The van der Waals surface area contributed by atoms with Gasteiger partial charge in [-0.25, -0.2) is 9.50 Å². The van der Waals surface area contributed by atoms with Crippen molar-refractivity contribution in [3.05, 3.63) is 47.4 Å². The predicted octanol–water partition coefficient (Wildman–Crippen LogP) is 2.62.